The van der Waals surface area contributed by atoms with E-state index in [0.29, 0.717) is 17.9 Å². The fraction of sp³-hybridized carbons (Fsp3) is 0.500. The number of nitrogens with one attached hydrogen (secondary N) is 1. The molecule has 1 heterocycles. The number of carboxylic acids is 1. The second kappa shape index (κ2) is 6.69. The Bertz CT molecular complexity index is 523. The maximum absolute atomic E-state index is 12.1. The molecule has 0 unspecified atom stereocenters. The van der Waals surface area contributed by atoms with Crippen LogP contribution < -0.4 is 11.1 Å². The van der Waals surface area contributed by atoms with Crippen LogP contribution in [0.3, 0.4) is 0 Å². The zero-order valence-corrected chi connectivity index (χ0v) is 11.3. The Morgan fingerprint density at radius 2 is 2.10 bits per heavy atom. The fourth-order valence-electron chi connectivity index (χ4n) is 1.72. The number of aliphatic carboxylic acids is 1. The van der Waals surface area contributed by atoms with Crippen LogP contribution in [0.5, 0.6) is 0 Å². The minimum atomic E-state index is -1.23. The second-order valence-electron chi connectivity index (χ2n) is 4.28. The molecule has 0 aliphatic rings. The molecule has 4 N–H and O–H groups in total. The lowest BCUT2D eigenvalue weighted by molar-refractivity contribution is -0.139. The molecule has 1 aromatic heterocycles. The normalized spacial score (nSPS) is 11.9. The van der Waals surface area contributed by atoms with E-state index in [1.165, 1.54) is 0 Å². The molecule has 1 atom stereocenters. The minimum absolute atomic E-state index is 0.0673. The number of rotatable bonds is 7. The van der Waals surface area contributed by atoms with E-state index in [9.17, 15) is 14.4 Å². The third kappa shape index (κ3) is 3.81. The molecule has 0 aliphatic heterocycles. The van der Waals surface area contributed by atoms with Gasteiger partial charge in [-0.05, 0) is 19.8 Å². The number of hydrogen-bond acceptors (Lipinski definition) is 5. The lowest BCUT2D eigenvalue weighted by Crippen LogP contribution is -2.41. The molecule has 110 valence electrons. The Morgan fingerprint density at radius 3 is 2.60 bits per heavy atom. The van der Waals surface area contributed by atoms with Crippen molar-refractivity contribution in [2.45, 2.75) is 39.2 Å². The summed E-state index contributed by atoms with van der Waals surface area (Å²) in [5, 5.41) is 15.1. The van der Waals surface area contributed by atoms with Crippen LogP contribution in [-0.4, -0.2) is 34.1 Å². The van der Waals surface area contributed by atoms with Crippen molar-refractivity contribution in [3.8, 4) is 0 Å². The van der Waals surface area contributed by atoms with Gasteiger partial charge in [0.05, 0.1) is 5.69 Å². The molecule has 1 aromatic rings. The van der Waals surface area contributed by atoms with Gasteiger partial charge in [-0.1, -0.05) is 12.1 Å². The third-order valence-electron chi connectivity index (χ3n) is 2.78. The Morgan fingerprint density at radius 1 is 1.45 bits per heavy atom. The predicted octanol–water partition coefficient (Wildman–Crippen LogP) is -0.00608. The number of nitrogens with two attached hydrogens (primary N) is 1. The van der Waals surface area contributed by atoms with Gasteiger partial charge >= 0.3 is 5.97 Å². The highest BCUT2D eigenvalue weighted by molar-refractivity contribution is 5.98. The molecular weight excluding hydrogens is 266 g/mol. The van der Waals surface area contributed by atoms with Crippen molar-refractivity contribution in [2.24, 2.45) is 5.73 Å². The fourth-order valence-corrected chi connectivity index (χ4v) is 1.72. The van der Waals surface area contributed by atoms with Crippen LogP contribution >= 0.6 is 0 Å². The summed E-state index contributed by atoms with van der Waals surface area (Å²) in [5.41, 5.74) is 5.66. The molecule has 1 rings (SSSR count). The van der Waals surface area contributed by atoms with Gasteiger partial charge in [-0.2, -0.15) is 0 Å². The van der Waals surface area contributed by atoms with E-state index in [1.54, 1.807) is 13.8 Å². The highest BCUT2D eigenvalue weighted by atomic mass is 16.5. The predicted molar refractivity (Wildman–Crippen MR) is 67.9 cm³/mol. The van der Waals surface area contributed by atoms with Gasteiger partial charge in [0, 0.05) is 6.42 Å². The van der Waals surface area contributed by atoms with E-state index in [0.717, 1.165) is 0 Å². The van der Waals surface area contributed by atoms with Gasteiger partial charge in [0.2, 0.25) is 5.91 Å². The van der Waals surface area contributed by atoms with Crippen molar-refractivity contribution in [3.05, 3.63) is 17.0 Å². The van der Waals surface area contributed by atoms with Crippen LogP contribution in [0.4, 0.5) is 0 Å². The van der Waals surface area contributed by atoms with Crippen LogP contribution in [-0.2, 0) is 16.0 Å². The minimum Gasteiger partial charge on any atom is -0.480 e. The van der Waals surface area contributed by atoms with Crippen LogP contribution in [0.2, 0.25) is 0 Å². The van der Waals surface area contributed by atoms with Gasteiger partial charge in [0.1, 0.15) is 17.4 Å². The maximum Gasteiger partial charge on any atom is 0.326 e. The van der Waals surface area contributed by atoms with Crippen LogP contribution in [0, 0.1) is 6.92 Å². The highest BCUT2D eigenvalue weighted by Gasteiger charge is 2.25. The summed E-state index contributed by atoms with van der Waals surface area (Å²) in [5.74, 6) is -2.12. The summed E-state index contributed by atoms with van der Waals surface area (Å²) in [7, 11) is 0. The zero-order chi connectivity index (χ0) is 15.3. The number of amides is 2. The van der Waals surface area contributed by atoms with Crippen LogP contribution in [0.25, 0.3) is 0 Å². The number of aromatic nitrogens is 1. The Hall–Kier alpha value is -2.38. The number of hydrogen-bond donors (Lipinski definition) is 3. The lowest BCUT2D eigenvalue weighted by Gasteiger charge is -2.13. The number of carbonyl (C=O) groups excluding carboxylic acids is 2. The highest BCUT2D eigenvalue weighted by Crippen LogP contribution is 2.14. The van der Waals surface area contributed by atoms with Crippen molar-refractivity contribution >= 4 is 17.8 Å². The molecule has 0 fully saturated rings. The van der Waals surface area contributed by atoms with E-state index < -0.39 is 23.8 Å². The Balaban J connectivity index is 2.82. The van der Waals surface area contributed by atoms with Gasteiger partial charge in [-0.3, -0.25) is 9.59 Å². The average molecular weight is 283 g/mol. The average Bonchev–Trinajstić information content (AvgIpc) is 2.74. The summed E-state index contributed by atoms with van der Waals surface area (Å²) in [6.07, 6.45) is 0.293. The molecule has 0 aliphatic carbocycles. The standard InChI is InChI=1S/C12H17N3O5/c1-3-7-10(6(2)20-15-7)11(17)14-8(12(18)19)4-5-9(13)16/h8H,3-5H2,1-2H3,(H2,13,16)(H,14,17)(H,18,19)/t8-/m0/s1. The topological polar surface area (TPSA) is 136 Å². The summed E-state index contributed by atoms with van der Waals surface area (Å²) in [6.45, 7) is 3.37. The van der Waals surface area contributed by atoms with Crippen LogP contribution in [0.1, 0.15) is 41.6 Å². The molecule has 20 heavy (non-hydrogen) atoms. The third-order valence-corrected chi connectivity index (χ3v) is 2.78. The SMILES string of the molecule is CCc1noc(C)c1C(=O)N[C@@H](CCC(N)=O)C(=O)O. The van der Waals surface area contributed by atoms with E-state index >= 15 is 0 Å². The monoisotopic (exact) mass is 283 g/mol. The van der Waals surface area contributed by atoms with Gasteiger partial charge in [0.25, 0.3) is 5.91 Å². The molecule has 0 saturated carbocycles. The first kappa shape index (κ1) is 15.7. The summed E-state index contributed by atoms with van der Waals surface area (Å²) < 4.78 is 4.92. The smallest absolute Gasteiger partial charge is 0.326 e. The number of nitrogens with zero attached hydrogens (tertiary/aromatic N) is 1. The first-order chi connectivity index (χ1) is 9.36. The molecular formula is C12H17N3O5. The van der Waals surface area contributed by atoms with Crippen molar-refractivity contribution in [1.29, 1.82) is 0 Å². The van der Waals surface area contributed by atoms with Gasteiger partial charge in [0.15, 0.2) is 0 Å². The summed E-state index contributed by atoms with van der Waals surface area (Å²) in [4.78, 5) is 33.8. The van der Waals surface area contributed by atoms with Crippen LogP contribution in [0.15, 0.2) is 4.52 Å². The number of carboxylic acid groups (broad SMARTS) is 1. The first-order valence-corrected chi connectivity index (χ1v) is 6.13. The maximum atomic E-state index is 12.1. The zero-order valence-electron chi connectivity index (χ0n) is 11.3. The van der Waals surface area contributed by atoms with Crippen molar-refractivity contribution < 1.29 is 24.0 Å². The van der Waals surface area contributed by atoms with E-state index in [1.807, 2.05) is 0 Å². The Kier molecular flexibility index (Phi) is 5.24. The molecule has 8 nitrogen and oxygen atoms in total. The molecule has 0 spiro atoms. The molecule has 0 bridgehead atoms. The van der Waals surface area contributed by atoms with E-state index in [-0.39, 0.29) is 18.4 Å². The molecule has 0 radical (unpaired) electrons. The van der Waals surface area contributed by atoms with E-state index in [2.05, 4.69) is 10.5 Å². The molecule has 0 saturated heterocycles. The molecule has 2 amide bonds. The van der Waals surface area contributed by atoms with Gasteiger partial charge < -0.3 is 20.7 Å². The quantitative estimate of drug-likeness (QED) is 0.644. The lowest BCUT2D eigenvalue weighted by atomic mass is 10.1. The number of aryl methyl sites for hydroxylation is 2. The largest absolute Gasteiger partial charge is 0.480 e. The van der Waals surface area contributed by atoms with Crippen molar-refractivity contribution in [1.82, 2.24) is 10.5 Å². The first-order valence-electron chi connectivity index (χ1n) is 6.13. The Labute approximate surface area is 115 Å². The van der Waals surface area contributed by atoms with Gasteiger partial charge in [-0.25, -0.2) is 4.79 Å². The van der Waals surface area contributed by atoms with E-state index in [4.69, 9.17) is 15.4 Å². The number of primary amides is 1. The second-order valence-corrected chi connectivity index (χ2v) is 4.28. The van der Waals surface area contributed by atoms with Gasteiger partial charge in [-0.15, -0.1) is 0 Å². The molecule has 8 heteroatoms. The molecule has 0 aromatic carbocycles. The van der Waals surface area contributed by atoms with Crippen molar-refractivity contribution in [3.63, 3.8) is 0 Å². The number of carbonyl (C=O) groups is 3. The summed E-state index contributed by atoms with van der Waals surface area (Å²) in [6, 6.07) is -1.19. The van der Waals surface area contributed by atoms with Crippen molar-refractivity contribution in [2.75, 3.05) is 0 Å². The summed E-state index contributed by atoms with van der Waals surface area (Å²) >= 11 is 0.